The summed E-state index contributed by atoms with van der Waals surface area (Å²) in [4.78, 5) is 0. The van der Waals surface area contributed by atoms with Gasteiger partial charge in [0.05, 0.1) is 6.20 Å². The molecule has 1 aliphatic rings. The number of nitrogens with zero attached hydrogens (tertiary/aromatic N) is 1. The minimum absolute atomic E-state index is 0.263. The molecule has 0 aromatic carbocycles. The van der Waals surface area contributed by atoms with Gasteiger partial charge in [0.25, 0.3) is 0 Å². The van der Waals surface area contributed by atoms with Crippen LogP contribution in [0.4, 0.5) is 0 Å². The van der Waals surface area contributed by atoms with Gasteiger partial charge in [0.1, 0.15) is 0 Å². The molecule has 3 heteroatoms. The number of aryl methyl sites for hydroxylation is 1. The summed E-state index contributed by atoms with van der Waals surface area (Å²) in [6.45, 7) is 6.65. The van der Waals surface area contributed by atoms with Crippen molar-refractivity contribution >= 4 is 0 Å². The Morgan fingerprint density at radius 2 is 2.38 bits per heavy atom. The van der Waals surface area contributed by atoms with Gasteiger partial charge >= 0.3 is 0 Å². The summed E-state index contributed by atoms with van der Waals surface area (Å²) in [5.41, 5.74) is 2.85. The van der Waals surface area contributed by atoms with E-state index in [1.54, 1.807) is 0 Å². The van der Waals surface area contributed by atoms with E-state index in [-0.39, 0.29) is 5.41 Å². The van der Waals surface area contributed by atoms with Crippen LogP contribution in [0, 0.1) is 6.92 Å². The average Bonchev–Trinajstić information content (AvgIpc) is 2.53. The zero-order valence-electron chi connectivity index (χ0n) is 8.35. The minimum atomic E-state index is 0.263. The van der Waals surface area contributed by atoms with Crippen molar-refractivity contribution in [3.8, 4) is 0 Å². The van der Waals surface area contributed by atoms with Crippen LogP contribution in [0.5, 0.6) is 0 Å². The smallest absolute Gasteiger partial charge is 0.0519 e. The van der Waals surface area contributed by atoms with E-state index in [1.165, 1.54) is 24.1 Å². The largest absolute Gasteiger partial charge is 0.316 e. The molecule has 0 bridgehead atoms. The van der Waals surface area contributed by atoms with Crippen LogP contribution in [0.25, 0.3) is 0 Å². The number of piperidine rings is 1. The third kappa shape index (κ3) is 1.48. The molecule has 0 spiro atoms. The second kappa shape index (κ2) is 3.14. The van der Waals surface area contributed by atoms with Crippen LogP contribution in [0.3, 0.4) is 0 Å². The molecule has 1 fully saturated rings. The molecular weight excluding hydrogens is 162 g/mol. The van der Waals surface area contributed by atoms with E-state index in [9.17, 15) is 0 Å². The van der Waals surface area contributed by atoms with Crippen molar-refractivity contribution < 1.29 is 0 Å². The average molecular weight is 179 g/mol. The molecule has 13 heavy (non-hydrogen) atoms. The lowest BCUT2D eigenvalue weighted by Crippen LogP contribution is -2.41. The third-order valence-electron chi connectivity index (χ3n) is 3.03. The maximum absolute atomic E-state index is 4.09. The number of nitrogens with one attached hydrogen (secondary N) is 2. The van der Waals surface area contributed by atoms with Crippen LogP contribution >= 0.6 is 0 Å². The molecule has 72 valence electrons. The molecule has 0 unspecified atom stereocenters. The highest BCUT2D eigenvalue weighted by atomic mass is 15.1. The summed E-state index contributed by atoms with van der Waals surface area (Å²) in [5.74, 6) is 0. The van der Waals surface area contributed by atoms with Gasteiger partial charge in [-0.25, -0.2) is 0 Å². The van der Waals surface area contributed by atoms with Gasteiger partial charge in [-0.05, 0) is 31.9 Å². The summed E-state index contributed by atoms with van der Waals surface area (Å²) in [6.07, 6.45) is 4.42. The summed E-state index contributed by atoms with van der Waals surface area (Å²) < 4.78 is 0. The van der Waals surface area contributed by atoms with E-state index in [1.807, 2.05) is 6.20 Å². The zero-order chi connectivity index (χ0) is 9.31. The Morgan fingerprint density at radius 3 is 2.92 bits per heavy atom. The Morgan fingerprint density at radius 1 is 1.54 bits per heavy atom. The molecule has 1 saturated heterocycles. The molecular formula is C10H17N3. The molecule has 0 aliphatic carbocycles. The van der Waals surface area contributed by atoms with Crippen molar-refractivity contribution in [1.29, 1.82) is 0 Å². The van der Waals surface area contributed by atoms with E-state index in [2.05, 4.69) is 29.4 Å². The first-order valence-corrected chi connectivity index (χ1v) is 4.93. The van der Waals surface area contributed by atoms with Gasteiger partial charge in [0.15, 0.2) is 0 Å². The van der Waals surface area contributed by atoms with Crippen molar-refractivity contribution in [3.63, 3.8) is 0 Å². The highest BCUT2D eigenvalue weighted by Crippen LogP contribution is 2.30. The topological polar surface area (TPSA) is 40.7 Å². The molecule has 1 aromatic rings. The second-order valence-corrected chi connectivity index (χ2v) is 4.27. The normalized spacial score (nSPS) is 29.1. The van der Waals surface area contributed by atoms with Crippen LogP contribution in [-0.2, 0) is 5.41 Å². The lowest BCUT2D eigenvalue weighted by atomic mass is 9.78. The Kier molecular flexibility index (Phi) is 2.12. The number of rotatable bonds is 1. The fraction of sp³-hybridized carbons (Fsp3) is 0.700. The predicted molar refractivity (Wildman–Crippen MR) is 52.8 cm³/mol. The standard InChI is InChI=1S/C10H17N3/c1-8-6-12-13-9(8)10(2)4-3-5-11-7-10/h6,11H,3-5,7H2,1-2H3,(H,12,13)/t10-/m1/s1. The monoisotopic (exact) mass is 179 g/mol. The molecule has 0 radical (unpaired) electrons. The summed E-state index contributed by atoms with van der Waals surface area (Å²) >= 11 is 0. The lowest BCUT2D eigenvalue weighted by molar-refractivity contribution is 0.330. The van der Waals surface area contributed by atoms with Crippen molar-refractivity contribution in [3.05, 3.63) is 17.5 Å². The highest BCUT2D eigenvalue weighted by molar-refractivity contribution is 5.24. The fourth-order valence-corrected chi connectivity index (χ4v) is 2.23. The second-order valence-electron chi connectivity index (χ2n) is 4.27. The maximum atomic E-state index is 4.09. The van der Waals surface area contributed by atoms with Crippen LogP contribution in [0.2, 0.25) is 0 Å². The number of hydrogen-bond acceptors (Lipinski definition) is 2. The first-order valence-electron chi connectivity index (χ1n) is 4.93. The number of H-pyrrole nitrogens is 1. The Balaban J connectivity index is 2.27. The van der Waals surface area contributed by atoms with Gasteiger partial charge in [0, 0.05) is 17.7 Å². The molecule has 2 rings (SSSR count). The molecule has 2 heterocycles. The summed E-state index contributed by atoms with van der Waals surface area (Å²) in [6, 6.07) is 0. The van der Waals surface area contributed by atoms with Gasteiger partial charge in [-0.1, -0.05) is 6.92 Å². The quantitative estimate of drug-likeness (QED) is 0.683. The molecule has 1 aromatic heterocycles. The van der Waals surface area contributed by atoms with Crippen molar-refractivity contribution in [2.24, 2.45) is 0 Å². The summed E-state index contributed by atoms with van der Waals surface area (Å²) in [7, 11) is 0. The first kappa shape index (κ1) is 8.75. The number of hydrogen-bond donors (Lipinski definition) is 2. The Bertz CT molecular complexity index is 284. The van der Waals surface area contributed by atoms with E-state index in [4.69, 9.17) is 0 Å². The van der Waals surface area contributed by atoms with E-state index in [0.717, 1.165) is 13.1 Å². The molecule has 2 N–H and O–H groups in total. The van der Waals surface area contributed by atoms with E-state index >= 15 is 0 Å². The van der Waals surface area contributed by atoms with E-state index in [0.29, 0.717) is 0 Å². The van der Waals surface area contributed by atoms with Crippen LogP contribution in [-0.4, -0.2) is 23.3 Å². The van der Waals surface area contributed by atoms with E-state index < -0.39 is 0 Å². The van der Waals surface area contributed by atoms with Crippen molar-refractivity contribution in [2.75, 3.05) is 13.1 Å². The van der Waals surface area contributed by atoms with Gasteiger partial charge in [-0.3, -0.25) is 5.10 Å². The van der Waals surface area contributed by atoms with Crippen LogP contribution in [0.15, 0.2) is 6.20 Å². The Hall–Kier alpha value is -0.830. The van der Waals surface area contributed by atoms with Crippen LogP contribution < -0.4 is 5.32 Å². The lowest BCUT2D eigenvalue weighted by Gasteiger charge is -2.33. The minimum Gasteiger partial charge on any atom is -0.316 e. The van der Waals surface area contributed by atoms with Gasteiger partial charge in [0.2, 0.25) is 0 Å². The van der Waals surface area contributed by atoms with Crippen LogP contribution in [0.1, 0.15) is 31.0 Å². The summed E-state index contributed by atoms with van der Waals surface area (Å²) in [5, 5.41) is 10.7. The third-order valence-corrected chi connectivity index (χ3v) is 3.03. The van der Waals surface area contributed by atoms with Gasteiger partial charge < -0.3 is 5.32 Å². The molecule has 1 aliphatic heterocycles. The Labute approximate surface area is 78.9 Å². The fourth-order valence-electron chi connectivity index (χ4n) is 2.23. The maximum Gasteiger partial charge on any atom is 0.0519 e. The molecule has 0 amide bonds. The van der Waals surface area contributed by atoms with Crippen molar-refractivity contribution in [2.45, 2.75) is 32.1 Å². The highest BCUT2D eigenvalue weighted by Gasteiger charge is 2.31. The van der Waals surface area contributed by atoms with Gasteiger partial charge in [-0.15, -0.1) is 0 Å². The predicted octanol–water partition coefficient (Wildman–Crippen LogP) is 1.36. The SMILES string of the molecule is Cc1cn[nH]c1[C@]1(C)CCCNC1. The molecule has 1 atom stereocenters. The van der Waals surface area contributed by atoms with Gasteiger partial charge in [-0.2, -0.15) is 5.10 Å². The molecule has 0 saturated carbocycles. The first-order chi connectivity index (χ1) is 6.22. The molecule has 3 nitrogen and oxygen atoms in total. The zero-order valence-corrected chi connectivity index (χ0v) is 8.35. The number of aromatic amines is 1. The number of aromatic nitrogens is 2. The van der Waals surface area contributed by atoms with Crippen molar-refractivity contribution in [1.82, 2.24) is 15.5 Å².